The van der Waals surface area contributed by atoms with Crippen LogP contribution in [0.5, 0.6) is 0 Å². The van der Waals surface area contributed by atoms with Crippen molar-refractivity contribution >= 4 is 28.1 Å². The second-order valence-corrected chi connectivity index (χ2v) is 5.87. The highest BCUT2D eigenvalue weighted by atomic mass is 32.2. The van der Waals surface area contributed by atoms with E-state index >= 15 is 0 Å². The average molecular weight is 308 g/mol. The Hall–Kier alpha value is -2.62. The topological polar surface area (TPSA) is 84.7 Å². The number of aryl methyl sites for hydroxylation is 1. The predicted octanol–water partition coefficient (Wildman–Crippen LogP) is 2.94. The van der Waals surface area contributed by atoms with Crippen LogP contribution in [0, 0.1) is 18.3 Å². The molecule has 0 aliphatic heterocycles. The van der Waals surface area contributed by atoms with Crippen molar-refractivity contribution in [3.63, 3.8) is 0 Å². The van der Waals surface area contributed by atoms with E-state index in [1.165, 1.54) is 0 Å². The molecule has 3 rings (SSSR count). The molecule has 1 aromatic heterocycles. The third-order valence-electron chi connectivity index (χ3n) is 3.23. The van der Waals surface area contributed by atoms with Crippen molar-refractivity contribution < 1.29 is 4.55 Å². The number of para-hydroxylation sites is 1. The van der Waals surface area contributed by atoms with Crippen LogP contribution in [0.1, 0.15) is 11.1 Å². The Balaban J connectivity index is 1.94. The van der Waals surface area contributed by atoms with Gasteiger partial charge in [0.2, 0.25) is 4.90 Å². The number of rotatable bonds is 3. The first-order valence-corrected chi connectivity index (χ1v) is 7.73. The molecular formula is C16H12N4OS. The number of hydrogen-bond acceptors (Lipinski definition) is 5. The summed E-state index contributed by atoms with van der Waals surface area (Å²) in [5.74, 6) is 0. The Morgan fingerprint density at radius 3 is 2.82 bits per heavy atom. The molecule has 1 N–H and O–H groups in total. The predicted molar refractivity (Wildman–Crippen MR) is 85.5 cm³/mol. The van der Waals surface area contributed by atoms with Crippen molar-refractivity contribution in [2.45, 2.75) is 11.8 Å². The first-order valence-electron chi connectivity index (χ1n) is 6.58. The van der Waals surface area contributed by atoms with Crippen LogP contribution in [0.15, 0.2) is 53.7 Å². The van der Waals surface area contributed by atoms with Gasteiger partial charge in [-0.05, 0) is 36.8 Å². The molecule has 2 aromatic carbocycles. The molecule has 0 spiro atoms. The molecule has 5 nitrogen and oxygen atoms in total. The van der Waals surface area contributed by atoms with Crippen LogP contribution >= 0.6 is 0 Å². The van der Waals surface area contributed by atoms with Crippen molar-refractivity contribution in [2.75, 3.05) is 4.72 Å². The maximum atomic E-state index is 12.6. The number of aromatic nitrogens is 2. The Labute approximate surface area is 131 Å². The second kappa shape index (κ2) is 6.02. The third kappa shape index (κ3) is 2.72. The quantitative estimate of drug-likeness (QED) is 0.752. The van der Waals surface area contributed by atoms with Gasteiger partial charge in [-0.15, -0.1) is 0 Å². The molecule has 0 amide bonds. The summed E-state index contributed by atoms with van der Waals surface area (Å²) in [7, 11) is 0. The zero-order valence-corrected chi connectivity index (χ0v) is 12.6. The minimum atomic E-state index is -1.49. The van der Waals surface area contributed by atoms with Crippen molar-refractivity contribution in [1.29, 1.82) is 5.26 Å². The molecule has 0 aliphatic rings. The van der Waals surface area contributed by atoms with Gasteiger partial charge in [-0.25, -0.2) is 9.71 Å². The first kappa shape index (κ1) is 14.3. The maximum Gasteiger partial charge on any atom is 0.207 e. The lowest BCUT2D eigenvalue weighted by Crippen LogP contribution is -2.14. The van der Waals surface area contributed by atoms with Crippen LogP contribution in [0.4, 0.5) is 5.69 Å². The van der Waals surface area contributed by atoms with Crippen molar-refractivity contribution in [3.05, 3.63) is 59.9 Å². The Morgan fingerprint density at radius 2 is 2.00 bits per heavy atom. The number of hydrogen-bond donors (Lipinski definition) is 1. The second-order valence-electron chi connectivity index (χ2n) is 4.69. The first-order chi connectivity index (χ1) is 10.7. The van der Waals surface area contributed by atoms with Crippen molar-refractivity contribution in [2.24, 2.45) is 0 Å². The van der Waals surface area contributed by atoms with Gasteiger partial charge < -0.3 is 4.55 Å². The smallest absolute Gasteiger partial charge is 0.207 e. The van der Waals surface area contributed by atoms with E-state index in [4.69, 9.17) is 5.26 Å². The summed E-state index contributed by atoms with van der Waals surface area (Å²) in [6.07, 6.45) is 3.17. The van der Waals surface area contributed by atoms with Crippen LogP contribution in [0.25, 0.3) is 11.0 Å². The van der Waals surface area contributed by atoms with Crippen LogP contribution in [-0.2, 0) is 11.4 Å². The summed E-state index contributed by atoms with van der Waals surface area (Å²) in [5, 5.41) is 9.06. The molecule has 1 heterocycles. The van der Waals surface area contributed by atoms with Gasteiger partial charge in [-0.3, -0.25) is 4.98 Å². The minimum Gasteiger partial charge on any atom is -0.588 e. The molecule has 6 heteroatoms. The third-order valence-corrected chi connectivity index (χ3v) is 4.38. The zero-order valence-electron chi connectivity index (χ0n) is 11.8. The highest BCUT2D eigenvalue weighted by Crippen LogP contribution is 2.23. The number of fused-ring (bicyclic) bond motifs is 1. The highest BCUT2D eigenvalue weighted by Gasteiger charge is 2.17. The standard InChI is InChI=1S/C16H12N4OS/c1-11-5-6-13(9-12(11)10-17)20-22(21)15-4-2-3-14-16(15)19-8-7-18-14/h2-9,20H,1H3. The largest absolute Gasteiger partial charge is 0.588 e. The number of nitriles is 1. The molecule has 1 atom stereocenters. The van der Waals surface area contributed by atoms with Crippen molar-refractivity contribution in [1.82, 2.24) is 9.97 Å². The zero-order chi connectivity index (χ0) is 15.5. The molecule has 3 aromatic rings. The summed E-state index contributed by atoms with van der Waals surface area (Å²) in [4.78, 5) is 9.01. The minimum absolute atomic E-state index is 0.555. The lowest BCUT2D eigenvalue weighted by atomic mass is 10.1. The Kier molecular flexibility index (Phi) is 3.92. The summed E-state index contributed by atoms with van der Waals surface area (Å²) in [6.45, 7) is 1.86. The lowest BCUT2D eigenvalue weighted by Gasteiger charge is -2.13. The van der Waals surface area contributed by atoms with Crippen LogP contribution in [-0.4, -0.2) is 14.5 Å². The summed E-state index contributed by atoms with van der Waals surface area (Å²) < 4.78 is 15.5. The van der Waals surface area contributed by atoms with Gasteiger partial charge in [0.25, 0.3) is 0 Å². The van der Waals surface area contributed by atoms with Gasteiger partial charge in [0.15, 0.2) is 0 Å². The number of nitrogens with one attached hydrogen (secondary N) is 1. The molecule has 0 bridgehead atoms. The van der Waals surface area contributed by atoms with E-state index in [1.807, 2.05) is 19.1 Å². The van der Waals surface area contributed by atoms with Crippen LogP contribution < -0.4 is 4.72 Å². The SMILES string of the molecule is Cc1ccc(N[S+]([O-])c2cccc3nccnc23)cc1C#N. The van der Waals surface area contributed by atoms with Gasteiger partial charge >= 0.3 is 0 Å². The number of nitrogens with zero attached hydrogens (tertiary/aromatic N) is 3. The van der Waals surface area contributed by atoms with E-state index in [-0.39, 0.29) is 0 Å². The average Bonchev–Trinajstić information content (AvgIpc) is 2.56. The summed E-state index contributed by atoms with van der Waals surface area (Å²) in [5.41, 5.74) is 3.36. The van der Waals surface area contributed by atoms with Gasteiger partial charge in [0.05, 0.1) is 22.8 Å². The Bertz CT molecular complexity index is 870. The lowest BCUT2D eigenvalue weighted by molar-refractivity contribution is 0.601. The van der Waals surface area contributed by atoms with Gasteiger partial charge in [0, 0.05) is 12.4 Å². The molecular weight excluding hydrogens is 296 g/mol. The summed E-state index contributed by atoms with van der Waals surface area (Å²) >= 11 is -1.49. The fourth-order valence-corrected chi connectivity index (χ4v) is 3.07. The fraction of sp³-hybridized carbons (Fsp3) is 0.0625. The molecule has 0 fully saturated rings. The van der Waals surface area contributed by atoms with E-state index in [9.17, 15) is 4.55 Å². The summed E-state index contributed by atoms with van der Waals surface area (Å²) in [6, 6.07) is 12.8. The van der Waals surface area contributed by atoms with E-state index in [2.05, 4.69) is 20.8 Å². The Morgan fingerprint density at radius 1 is 1.18 bits per heavy atom. The maximum absolute atomic E-state index is 12.6. The van der Waals surface area contributed by atoms with E-state index < -0.39 is 11.4 Å². The molecule has 0 saturated carbocycles. The number of benzene rings is 2. The normalized spacial score (nSPS) is 11.9. The monoisotopic (exact) mass is 308 g/mol. The molecule has 108 valence electrons. The number of anilines is 1. The molecule has 22 heavy (non-hydrogen) atoms. The molecule has 0 radical (unpaired) electrons. The van der Waals surface area contributed by atoms with E-state index in [1.54, 1.807) is 36.7 Å². The molecule has 0 saturated heterocycles. The van der Waals surface area contributed by atoms with Gasteiger partial charge in [-0.1, -0.05) is 12.1 Å². The van der Waals surface area contributed by atoms with E-state index in [0.29, 0.717) is 27.2 Å². The van der Waals surface area contributed by atoms with Crippen LogP contribution in [0.3, 0.4) is 0 Å². The highest BCUT2D eigenvalue weighted by molar-refractivity contribution is 7.93. The van der Waals surface area contributed by atoms with Gasteiger partial charge in [-0.2, -0.15) is 5.26 Å². The van der Waals surface area contributed by atoms with Crippen LogP contribution in [0.2, 0.25) is 0 Å². The van der Waals surface area contributed by atoms with E-state index in [0.717, 1.165) is 5.56 Å². The molecule has 1 unspecified atom stereocenters. The van der Waals surface area contributed by atoms with Gasteiger partial charge in [0.1, 0.15) is 16.9 Å². The fourth-order valence-electron chi connectivity index (χ4n) is 2.08. The van der Waals surface area contributed by atoms with Crippen molar-refractivity contribution in [3.8, 4) is 6.07 Å². The molecule has 0 aliphatic carbocycles.